The Labute approximate surface area is 191 Å². The molecule has 3 aromatic carbocycles. The molecule has 33 heavy (non-hydrogen) atoms. The lowest BCUT2D eigenvalue weighted by molar-refractivity contribution is -0.126. The number of anilines is 1. The molecule has 0 bridgehead atoms. The predicted octanol–water partition coefficient (Wildman–Crippen LogP) is 5.63. The molecule has 0 saturated heterocycles. The summed E-state index contributed by atoms with van der Waals surface area (Å²) in [6, 6.07) is 16.6. The van der Waals surface area contributed by atoms with Crippen LogP contribution >= 0.6 is 0 Å². The molecule has 2 aliphatic heterocycles. The molecule has 6 heteroatoms. The van der Waals surface area contributed by atoms with Crippen LogP contribution in [0.3, 0.4) is 0 Å². The van der Waals surface area contributed by atoms with Crippen LogP contribution in [0.1, 0.15) is 37.5 Å². The van der Waals surface area contributed by atoms with Gasteiger partial charge in [0.2, 0.25) is 5.91 Å². The summed E-state index contributed by atoms with van der Waals surface area (Å²) < 4.78 is 40.5. The zero-order chi connectivity index (χ0) is 23.4. The first-order valence-corrected chi connectivity index (χ1v) is 11.1. The zero-order valence-electron chi connectivity index (χ0n) is 18.7. The van der Waals surface area contributed by atoms with Crippen LogP contribution in [-0.4, -0.2) is 18.1 Å². The Bertz CT molecular complexity index is 1260. The van der Waals surface area contributed by atoms with Crippen LogP contribution in [0.5, 0.6) is 11.5 Å². The summed E-state index contributed by atoms with van der Waals surface area (Å²) >= 11 is 0. The topological polar surface area (TPSA) is 47.6 Å². The molecule has 2 atom stereocenters. The van der Waals surface area contributed by atoms with E-state index >= 15 is 0 Å². The standard InChI is InChI=1S/C27H25F2NO3/c1-4-32-18-11-12-20-23(15-18)33-26(2,3)24(13-16-9-10-17(28)14-21(16)29)27(20)19-7-5-6-8-22(19)30-25(27)31/h5-12,14-15,24H,4,13H2,1-3H3,(H,30,31)/t24?,27-/m1/s1. The molecular formula is C27H25F2NO3. The molecule has 0 aliphatic carbocycles. The quantitative estimate of drug-likeness (QED) is 0.562. The number of halogens is 2. The van der Waals surface area contributed by atoms with Gasteiger partial charge in [-0.15, -0.1) is 0 Å². The van der Waals surface area contributed by atoms with Crippen molar-refractivity contribution in [1.82, 2.24) is 0 Å². The SMILES string of the molecule is CCOc1ccc2c(c1)OC(C)(C)C(Cc1ccc(F)cc1F)[C@]21C(=O)Nc2ccccc21. The van der Waals surface area contributed by atoms with Crippen LogP contribution in [0.25, 0.3) is 0 Å². The minimum Gasteiger partial charge on any atom is -0.494 e. The van der Waals surface area contributed by atoms with Gasteiger partial charge in [0.25, 0.3) is 0 Å². The number of carbonyl (C=O) groups is 1. The Balaban J connectivity index is 1.76. The summed E-state index contributed by atoms with van der Waals surface area (Å²) in [6.45, 7) is 6.22. The second-order valence-electron chi connectivity index (χ2n) is 9.10. The molecule has 170 valence electrons. The summed E-state index contributed by atoms with van der Waals surface area (Å²) in [4.78, 5) is 13.9. The Morgan fingerprint density at radius 3 is 2.58 bits per heavy atom. The van der Waals surface area contributed by atoms with Gasteiger partial charge in [-0.25, -0.2) is 8.78 Å². The first-order chi connectivity index (χ1) is 15.8. The Hall–Kier alpha value is -3.41. The molecule has 0 radical (unpaired) electrons. The number of rotatable bonds is 4. The second-order valence-corrected chi connectivity index (χ2v) is 9.10. The fraction of sp³-hybridized carbons (Fsp3) is 0.296. The van der Waals surface area contributed by atoms with Crippen molar-refractivity contribution in [1.29, 1.82) is 0 Å². The van der Waals surface area contributed by atoms with E-state index in [1.165, 1.54) is 12.1 Å². The highest BCUT2D eigenvalue weighted by Gasteiger charge is 2.62. The van der Waals surface area contributed by atoms with E-state index in [0.29, 0.717) is 29.2 Å². The third-order valence-electron chi connectivity index (χ3n) is 6.82. The maximum atomic E-state index is 14.8. The minimum absolute atomic E-state index is 0.182. The van der Waals surface area contributed by atoms with Gasteiger partial charge in [0.15, 0.2) is 0 Å². The minimum atomic E-state index is -1.11. The van der Waals surface area contributed by atoms with E-state index in [2.05, 4.69) is 5.32 Å². The maximum absolute atomic E-state index is 14.8. The Morgan fingerprint density at radius 2 is 1.82 bits per heavy atom. The van der Waals surface area contributed by atoms with Gasteiger partial charge in [-0.1, -0.05) is 30.3 Å². The molecule has 0 fully saturated rings. The largest absolute Gasteiger partial charge is 0.494 e. The van der Waals surface area contributed by atoms with E-state index in [-0.39, 0.29) is 12.3 Å². The molecule has 4 nitrogen and oxygen atoms in total. The van der Waals surface area contributed by atoms with Gasteiger partial charge >= 0.3 is 0 Å². The van der Waals surface area contributed by atoms with Crippen LogP contribution in [-0.2, 0) is 16.6 Å². The molecule has 0 aromatic heterocycles. The van der Waals surface area contributed by atoms with E-state index in [4.69, 9.17) is 9.47 Å². The van der Waals surface area contributed by atoms with E-state index < -0.39 is 28.6 Å². The average Bonchev–Trinajstić information content (AvgIpc) is 3.04. The van der Waals surface area contributed by atoms with Gasteiger partial charge < -0.3 is 14.8 Å². The average molecular weight is 449 g/mol. The molecule has 2 heterocycles. The number of hydrogen-bond acceptors (Lipinski definition) is 3. The molecular weight excluding hydrogens is 424 g/mol. The van der Waals surface area contributed by atoms with Crippen molar-refractivity contribution in [2.75, 3.05) is 11.9 Å². The van der Waals surface area contributed by atoms with Crippen LogP contribution in [0, 0.1) is 17.6 Å². The first-order valence-electron chi connectivity index (χ1n) is 11.1. The summed E-state index contributed by atoms with van der Waals surface area (Å²) in [7, 11) is 0. The van der Waals surface area contributed by atoms with Crippen molar-refractivity contribution in [3.63, 3.8) is 0 Å². The highest BCUT2D eigenvalue weighted by atomic mass is 19.1. The zero-order valence-corrected chi connectivity index (χ0v) is 18.7. The third kappa shape index (κ3) is 3.19. The number of ether oxygens (including phenoxy) is 2. The number of benzene rings is 3. The van der Waals surface area contributed by atoms with Gasteiger partial charge in [-0.2, -0.15) is 0 Å². The van der Waals surface area contributed by atoms with Crippen LogP contribution in [0.2, 0.25) is 0 Å². The molecule has 1 N–H and O–H groups in total. The summed E-state index contributed by atoms with van der Waals surface area (Å²) in [5.74, 6) is -0.712. The number of para-hydroxylation sites is 1. The highest BCUT2D eigenvalue weighted by molar-refractivity contribution is 6.09. The fourth-order valence-corrected chi connectivity index (χ4v) is 5.43. The van der Waals surface area contributed by atoms with Gasteiger partial charge in [-0.3, -0.25) is 4.79 Å². The summed E-state index contributed by atoms with van der Waals surface area (Å²) in [5.41, 5.74) is 0.630. The summed E-state index contributed by atoms with van der Waals surface area (Å²) in [6.07, 6.45) is 0.188. The predicted molar refractivity (Wildman–Crippen MR) is 122 cm³/mol. The van der Waals surface area contributed by atoms with E-state index in [9.17, 15) is 13.6 Å². The first kappa shape index (κ1) is 21.4. The van der Waals surface area contributed by atoms with E-state index in [0.717, 1.165) is 17.3 Å². The maximum Gasteiger partial charge on any atom is 0.240 e. The molecule has 5 rings (SSSR count). The smallest absolute Gasteiger partial charge is 0.240 e. The number of carbonyl (C=O) groups excluding carboxylic acids is 1. The molecule has 1 unspecified atom stereocenters. The lowest BCUT2D eigenvalue weighted by Crippen LogP contribution is -2.58. The fourth-order valence-electron chi connectivity index (χ4n) is 5.43. The van der Waals surface area contributed by atoms with Crippen LogP contribution < -0.4 is 14.8 Å². The molecule has 0 saturated carbocycles. The van der Waals surface area contributed by atoms with Crippen molar-refractivity contribution >= 4 is 11.6 Å². The number of fused-ring (bicyclic) bond motifs is 4. The van der Waals surface area contributed by atoms with Crippen molar-refractivity contribution < 1.29 is 23.0 Å². The normalized spacial score (nSPS) is 22.3. The number of hydrogen-bond donors (Lipinski definition) is 1. The molecule has 1 amide bonds. The van der Waals surface area contributed by atoms with Gasteiger partial charge in [0.05, 0.1) is 6.61 Å². The third-order valence-corrected chi connectivity index (χ3v) is 6.82. The van der Waals surface area contributed by atoms with Gasteiger partial charge in [0, 0.05) is 29.3 Å². The van der Waals surface area contributed by atoms with Crippen LogP contribution in [0.4, 0.5) is 14.5 Å². The lowest BCUT2D eigenvalue weighted by Gasteiger charge is -2.50. The molecule has 2 aliphatic rings. The monoisotopic (exact) mass is 449 g/mol. The van der Waals surface area contributed by atoms with Crippen molar-refractivity contribution in [3.05, 3.63) is 89.0 Å². The lowest BCUT2D eigenvalue weighted by atomic mass is 9.58. The van der Waals surface area contributed by atoms with Gasteiger partial charge in [0.1, 0.15) is 34.1 Å². The number of amides is 1. The van der Waals surface area contributed by atoms with Crippen molar-refractivity contribution in [2.45, 2.75) is 38.2 Å². The van der Waals surface area contributed by atoms with Gasteiger partial charge in [-0.05, 0) is 56.5 Å². The van der Waals surface area contributed by atoms with Crippen molar-refractivity contribution in [3.8, 4) is 11.5 Å². The molecule has 1 spiro atoms. The summed E-state index contributed by atoms with van der Waals surface area (Å²) in [5, 5.41) is 3.04. The highest BCUT2D eigenvalue weighted by Crippen LogP contribution is 2.58. The van der Waals surface area contributed by atoms with Crippen LogP contribution in [0.15, 0.2) is 60.7 Å². The Kier molecular flexibility index (Phi) is 4.92. The van der Waals surface area contributed by atoms with E-state index in [1.54, 1.807) is 0 Å². The van der Waals surface area contributed by atoms with Crippen molar-refractivity contribution in [2.24, 2.45) is 5.92 Å². The number of nitrogens with one attached hydrogen (secondary N) is 1. The Morgan fingerprint density at radius 1 is 1.03 bits per heavy atom. The van der Waals surface area contributed by atoms with E-state index in [1.807, 2.05) is 63.2 Å². The molecule has 3 aromatic rings. The second kappa shape index (κ2) is 7.58.